The molecule has 0 saturated carbocycles. The van der Waals surface area contributed by atoms with E-state index in [1.54, 1.807) is 25.5 Å². The summed E-state index contributed by atoms with van der Waals surface area (Å²) in [5, 5.41) is 12.3. The number of unbranched alkanes of at least 4 members (excludes halogenated alkanes) is 1. The Morgan fingerprint density at radius 2 is 1.94 bits per heavy atom. The van der Waals surface area contributed by atoms with Crippen molar-refractivity contribution in [3.05, 3.63) is 70.3 Å². The molecule has 7 heteroatoms. The Morgan fingerprint density at radius 3 is 2.52 bits per heavy atom. The molecule has 0 atom stereocenters. The van der Waals surface area contributed by atoms with Crippen molar-refractivity contribution in [2.45, 2.75) is 26.2 Å². The maximum Gasteiger partial charge on any atom is 0.226 e. The largest absolute Gasteiger partial charge is 0.496 e. The van der Waals surface area contributed by atoms with Gasteiger partial charge in [0.25, 0.3) is 0 Å². The van der Waals surface area contributed by atoms with Gasteiger partial charge in [0.05, 0.1) is 24.3 Å². The van der Waals surface area contributed by atoms with Crippen LogP contribution in [0.25, 0.3) is 5.57 Å². The molecule has 0 aliphatic carbocycles. The molecule has 0 fully saturated rings. The molecular weight excluding hydrogens is 415 g/mol. The van der Waals surface area contributed by atoms with Crippen molar-refractivity contribution in [3.63, 3.8) is 0 Å². The van der Waals surface area contributed by atoms with Crippen molar-refractivity contribution < 1.29 is 18.8 Å². The second kappa shape index (κ2) is 11.9. The molecule has 2 aromatic rings. The van der Waals surface area contributed by atoms with Crippen LogP contribution in [0.2, 0.25) is 0 Å². The van der Waals surface area contributed by atoms with Crippen LogP contribution in [-0.4, -0.2) is 31.6 Å². The summed E-state index contributed by atoms with van der Waals surface area (Å²) in [5.74, 6) is 0.00379. The summed E-state index contributed by atoms with van der Waals surface area (Å²) < 4.78 is 19.0. The van der Waals surface area contributed by atoms with Gasteiger partial charge in [-0.2, -0.15) is 9.65 Å². The van der Waals surface area contributed by atoms with E-state index in [-0.39, 0.29) is 11.5 Å². The first kappa shape index (κ1) is 24.2. The Hall–Kier alpha value is -3.11. The number of nitriles is 1. The van der Waals surface area contributed by atoms with Gasteiger partial charge >= 0.3 is 0 Å². The van der Waals surface area contributed by atoms with Gasteiger partial charge in [0.1, 0.15) is 12.9 Å². The van der Waals surface area contributed by atoms with Crippen LogP contribution in [0.3, 0.4) is 0 Å². The van der Waals surface area contributed by atoms with Crippen LogP contribution < -0.4 is 4.74 Å². The molecule has 0 heterocycles. The highest BCUT2D eigenvalue weighted by atomic mass is 32.2. The van der Waals surface area contributed by atoms with Crippen LogP contribution in [0.1, 0.15) is 51.9 Å². The SMILES string of the molecule is CO/N=C(\F)CCC/C=C(/c1ccc(C#N)cc1)c1cc(C)c(OC)c(C(=O)SC)c1. The Morgan fingerprint density at radius 1 is 1.23 bits per heavy atom. The third kappa shape index (κ3) is 6.43. The summed E-state index contributed by atoms with van der Waals surface area (Å²) in [6, 6.07) is 13.1. The predicted octanol–water partition coefficient (Wildman–Crippen LogP) is 5.91. The molecule has 2 rings (SSSR count). The summed E-state index contributed by atoms with van der Waals surface area (Å²) in [7, 11) is 2.86. The van der Waals surface area contributed by atoms with E-state index in [0.29, 0.717) is 29.7 Å². The fourth-order valence-corrected chi connectivity index (χ4v) is 3.60. The third-order valence-corrected chi connectivity index (χ3v) is 5.24. The highest BCUT2D eigenvalue weighted by molar-refractivity contribution is 8.13. The van der Waals surface area contributed by atoms with Crippen molar-refractivity contribution in [1.82, 2.24) is 0 Å². The van der Waals surface area contributed by atoms with E-state index in [4.69, 9.17) is 10.00 Å². The van der Waals surface area contributed by atoms with E-state index in [9.17, 15) is 9.18 Å². The third-order valence-electron chi connectivity index (χ3n) is 4.65. The Bertz CT molecular complexity index is 1020. The molecular formula is C24H25FN2O3S. The minimum atomic E-state index is -0.552. The van der Waals surface area contributed by atoms with E-state index < -0.39 is 5.97 Å². The molecule has 0 radical (unpaired) electrons. The van der Waals surface area contributed by atoms with Crippen molar-refractivity contribution in [2.24, 2.45) is 5.16 Å². The number of thioether (sulfide) groups is 1. The lowest BCUT2D eigenvalue weighted by atomic mass is 9.92. The van der Waals surface area contributed by atoms with E-state index >= 15 is 0 Å². The molecule has 0 spiro atoms. The topological polar surface area (TPSA) is 71.7 Å². The standard InChI is InChI=1S/C24H25FN2O3S/c1-16-13-19(14-21(23(16)29-2)24(28)31-4)20(7-5-6-8-22(25)27-30-3)18-11-9-17(15-26)10-12-18/h7,9-14H,5-6,8H2,1-4H3/b20-7-,27-22-. The number of methoxy groups -OCH3 is 1. The number of halogens is 1. The van der Waals surface area contributed by atoms with Gasteiger partial charge < -0.3 is 9.57 Å². The highest BCUT2D eigenvalue weighted by Crippen LogP contribution is 2.33. The number of benzene rings is 2. The van der Waals surface area contributed by atoms with Gasteiger partial charge in [-0.05, 0) is 72.6 Å². The number of aryl methyl sites for hydroxylation is 1. The molecule has 0 bridgehead atoms. The zero-order chi connectivity index (χ0) is 22.8. The summed E-state index contributed by atoms with van der Waals surface area (Å²) in [4.78, 5) is 16.9. The lowest BCUT2D eigenvalue weighted by molar-refractivity contribution is 0.108. The summed E-state index contributed by atoms with van der Waals surface area (Å²) in [6.07, 6.45) is 5.05. The first-order valence-corrected chi connectivity index (χ1v) is 10.9. The molecule has 5 nitrogen and oxygen atoms in total. The highest BCUT2D eigenvalue weighted by Gasteiger charge is 2.17. The summed E-state index contributed by atoms with van der Waals surface area (Å²) >= 11 is 1.13. The molecule has 2 aromatic carbocycles. The maximum absolute atomic E-state index is 13.5. The fraction of sp³-hybridized carbons (Fsp3) is 0.292. The molecule has 0 aliphatic heterocycles. The van der Waals surface area contributed by atoms with Gasteiger partial charge in [0, 0.05) is 6.42 Å². The van der Waals surface area contributed by atoms with Crippen LogP contribution in [0.15, 0.2) is 47.6 Å². The fourth-order valence-electron chi connectivity index (χ4n) is 3.23. The van der Waals surface area contributed by atoms with Crippen LogP contribution in [0.5, 0.6) is 5.75 Å². The molecule has 0 aliphatic rings. The summed E-state index contributed by atoms with van der Waals surface area (Å²) in [6.45, 7) is 1.90. The van der Waals surface area contributed by atoms with Gasteiger partial charge in [0.15, 0.2) is 0 Å². The average Bonchev–Trinajstić information content (AvgIpc) is 2.78. The lowest BCUT2D eigenvalue weighted by Gasteiger charge is -2.15. The van der Waals surface area contributed by atoms with E-state index in [2.05, 4.69) is 16.1 Å². The van der Waals surface area contributed by atoms with Crippen molar-refractivity contribution in [3.8, 4) is 11.8 Å². The van der Waals surface area contributed by atoms with Gasteiger partial charge in [-0.1, -0.05) is 35.1 Å². The van der Waals surface area contributed by atoms with Crippen molar-refractivity contribution in [1.29, 1.82) is 5.26 Å². The zero-order valence-electron chi connectivity index (χ0n) is 18.1. The smallest absolute Gasteiger partial charge is 0.226 e. The van der Waals surface area contributed by atoms with Crippen LogP contribution in [-0.2, 0) is 4.84 Å². The average molecular weight is 441 g/mol. The molecule has 0 N–H and O–H groups in total. The first-order valence-electron chi connectivity index (χ1n) is 9.68. The van der Waals surface area contributed by atoms with Crippen LogP contribution in [0, 0.1) is 18.3 Å². The van der Waals surface area contributed by atoms with Gasteiger partial charge in [-0.25, -0.2) is 0 Å². The van der Waals surface area contributed by atoms with Gasteiger partial charge in [-0.3, -0.25) is 4.79 Å². The molecule has 31 heavy (non-hydrogen) atoms. The number of carbonyl (C=O) groups is 1. The Balaban J connectivity index is 2.50. The summed E-state index contributed by atoms with van der Waals surface area (Å²) in [5.41, 5.74) is 4.56. The van der Waals surface area contributed by atoms with E-state index in [1.807, 2.05) is 37.3 Å². The van der Waals surface area contributed by atoms with Gasteiger partial charge in [-0.15, -0.1) is 0 Å². The monoisotopic (exact) mass is 440 g/mol. The number of hydrogen-bond donors (Lipinski definition) is 0. The molecule has 0 unspecified atom stereocenters. The maximum atomic E-state index is 13.5. The number of allylic oxidation sites excluding steroid dienone is 1. The number of oxime groups is 1. The normalized spacial score (nSPS) is 11.7. The van der Waals surface area contributed by atoms with Gasteiger partial charge in [0.2, 0.25) is 11.1 Å². The van der Waals surface area contributed by atoms with E-state index in [1.165, 1.54) is 7.11 Å². The lowest BCUT2D eigenvalue weighted by Crippen LogP contribution is -2.02. The van der Waals surface area contributed by atoms with E-state index in [0.717, 1.165) is 34.0 Å². The van der Waals surface area contributed by atoms with Crippen LogP contribution in [0.4, 0.5) is 4.39 Å². The molecule has 0 saturated heterocycles. The number of nitrogens with zero attached hydrogens (tertiary/aromatic N) is 2. The minimum absolute atomic E-state index is 0.0844. The zero-order valence-corrected chi connectivity index (χ0v) is 18.9. The number of rotatable bonds is 9. The first-order chi connectivity index (χ1) is 14.9. The number of carbonyl (C=O) groups excluding carboxylic acids is 1. The minimum Gasteiger partial charge on any atom is -0.496 e. The van der Waals surface area contributed by atoms with Crippen molar-refractivity contribution >= 4 is 28.4 Å². The quantitative estimate of drug-likeness (QED) is 0.275. The second-order valence-corrected chi connectivity index (χ2v) is 7.49. The Labute approximate surface area is 186 Å². The Kier molecular flexibility index (Phi) is 9.29. The number of ether oxygens (including phenoxy) is 1. The second-order valence-electron chi connectivity index (χ2n) is 6.71. The van der Waals surface area contributed by atoms with Crippen molar-refractivity contribution in [2.75, 3.05) is 20.5 Å². The molecule has 162 valence electrons. The molecule has 0 amide bonds. The molecule has 0 aromatic heterocycles. The number of hydrogen-bond acceptors (Lipinski definition) is 6. The van der Waals surface area contributed by atoms with Crippen LogP contribution >= 0.6 is 11.8 Å². The predicted molar refractivity (Wildman–Crippen MR) is 123 cm³/mol.